The SMILES string of the molecule is CO/C(=N/Cl)c1ccoc1. The van der Waals surface area contributed by atoms with E-state index in [9.17, 15) is 0 Å². The van der Waals surface area contributed by atoms with Gasteiger partial charge < -0.3 is 9.15 Å². The minimum Gasteiger partial charge on any atom is -0.480 e. The van der Waals surface area contributed by atoms with Gasteiger partial charge in [0, 0.05) is 11.8 Å². The monoisotopic (exact) mass is 159 g/mol. The summed E-state index contributed by atoms with van der Waals surface area (Å²) in [5.41, 5.74) is 0.734. The molecule has 0 aliphatic heterocycles. The number of methoxy groups -OCH3 is 1. The Hall–Kier alpha value is -0.960. The van der Waals surface area contributed by atoms with Crippen molar-refractivity contribution >= 4 is 17.7 Å². The van der Waals surface area contributed by atoms with Crippen LogP contribution in [-0.2, 0) is 4.74 Å². The molecule has 0 bridgehead atoms. The average molecular weight is 160 g/mol. The molecule has 0 saturated heterocycles. The van der Waals surface area contributed by atoms with E-state index >= 15 is 0 Å². The lowest BCUT2D eigenvalue weighted by Crippen LogP contribution is -1.99. The van der Waals surface area contributed by atoms with Crippen molar-refractivity contribution in [3.05, 3.63) is 24.2 Å². The van der Waals surface area contributed by atoms with E-state index in [1.165, 1.54) is 19.6 Å². The third-order valence-electron chi connectivity index (χ3n) is 1.04. The molecule has 0 unspecified atom stereocenters. The Morgan fingerprint density at radius 2 is 2.60 bits per heavy atom. The van der Waals surface area contributed by atoms with Crippen molar-refractivity contribution in [1.82, 2.24) is 0 Å². The summed E-state index contributed by atoms with van der Waals surface area (Å²) >= 11 is 5.18. The summed E-state index contributed by atoms with van der Waals surface area (Å²) in [6.07, 6.45) is 3.03. The molecule has 10 heavy (non-hydrogen) atoms. The molecule has 0 aliphatic carbocycles. The zero-order chi connectivity index (χ0) is 7.40. The first-order valence-corrected chi connectivity index (χ1v) is 2.98. The molecule has 1 aromatic heterocycles. The highest BCUT2D eigenvalue weighted by Crippen LogP contribution is 2.03. The second-order valence-electron chi connectivity index (χ2n) is 1.61. The highest BCUT2D eigenvalue weighted by atomic mass is 35.5. The van der Waals surface area contributed by atoms with Crippen molar-refractivity contribution in [1.29, 1.82) is 0 Å². The number of hydrogen-bond acceptors (Lipinski definition) is 3. The molecule has 1 aromatic rings. The van der Waals surface area contributed by atoms with E-state index in [2.05, 4.69) is 4.51 Å². The first-order valence-electron chi connectivity index (χ1n) is 2.64. The molecule has 0 N–H and O–H groups in total. The van der Waals surface area contributed by atoms with Gasteiger partial charge in [0.15, 0.2) is 0 Å². The lowest BCUT2D eigenvalue weighted by atomic mass is 10.3. The van der Waals surface area contributed by atoms with Gasteiger partial charge in [-0.2, -0.15) is 0 Å². The average Bonchev–Trinajstić information content (AvgIpc) is 2.43. The van der Waals surface area contributed by atoms with E-state index in [0.29, 0.717) is 5.90 Å². The lowest BCUT2D eigenvalue weighted by molar-refractivity contribution is 0.405. The topological polar surface area (TPSA) is 34.7 Å². The zero-order valence-electron chi connectivity index (χ0n) is 5.37. The van der Waals surface area contributed by atoms with Crippen LogP contribution in [0, 0.1) is 0 Å². The number of halogens is 1. The van der Waals surface area contributed by atoms with Crippen LogP contribution in [0.5, 0.6) is 0 Å². The Balaban J connectivity index is 2.85. The van der Waals surface area contributed by atoms with Crippen molar-refractivity contribution in [2.75, 3.05) is 7.11 Å². The predicted molar refractivity (Wildman–Crippen MR) is 38.1 cm³/mol. The molecule has 54 valence electrons. The first-order chi connectivity index (χ1) is 4.88. The Bertz CT molecular complexity index is 218. The molecule has 1 heterocycles. The van der Waals surface area contributed by atoms with Crippen LogP contribution in [0.2, 0.25) is 0 Å². The van der Waals surface area contributed by atoms with Crippen molar-refractivity contribution in [2.24, 2.45) is 4.51 Å². The van der Waals surface area contributed by atoms with Crippen LogP contribution in [0.4, 0.5) is 0 Å². The first kappa shape index (κ1) is 7.15. The molecule has 0 aliphatic rings. The van der Waals surface area contributed by atoms with Crippen molar-refractivity contribution in [2.45, 2.75) is 0 Å². The van der Waals surface area contributed by atoms with Crippen molar-refractivity contribution in [3.63, 3.8) is 0 Å². The van der Waals surface area contributed by atoms with Crippen molar-refractivity contribution < 1.29 is 9.15 Å². The maximum Gasteiger partial charge on any atom is 0.236 e. The largest absolute Gasteiger partial charge is 0.480 e. The Morgan fingerprint density at radius 1 is 1.80 bits per heavy atom. The second-order valence-corrected chi connectivity index (χ2v) is 1.77. The van der Waals surface area contributed by atoms with Gasteiger partial charge in [0.1, 0.15) is 6.26 Å². The van der Waals surface area contributed by atoms with Crippen LogP contribution in [0.15, 0.2) is 27.5 Å². The Labute approximate surface area is 63.4 Å². The molecule has 0 aromatic carbocycles. The van der Waals surface area contributed by atoms with E-state index in [-0.39, 0.29) is 0 Å². The van der Waals surface area contributed by atoms with Gasteiger partial charge >= 0.3 is 0 Å². The van der Waals surface area contributed by atoms with E-state index in [0.717, 1.165) is 5.56 Å². The van der Waals surface area contributed by atoms with Gasteiger partial charge in [-0.1, -0.05) is 0 Å². The molecule has 0 radical (unpaired) electrons. The molecular weight excluding hydrogens is 154 g/mol. The molecule has 0 amide bonds. The molecular formula is C6H6ClNO2. The third-order valence-corrected chi connectivity index (χ3v) is 1.19. The lowest BCUT2D eigenvalue weighted by Gasteiger charge is -1.95. The van der Waals surface area contributed by atoms with Gasteiger partial charge in [-0.15, -0.1) is 4.51 Å². The molecule has 0 spiro atoms. The maximum absolute atomic E-state index is 5.18. The number of furan rings is 1. The van der Waals surface area contributed by atoms with Gasteiger partial charge in [0.25, 0.3) is 0 Å². The van der Waals surface area contributed by atoms with Crippen LogP contribution in [0.1, 0.15) is 5.56 Å². The fourth-order valence-corrected chi connectivity index (χ4v) is 0.754. The fraction of sp³-hybridized carbons (Fsp3) is 0.167. The summed E-state index contributed by atoms with van der Waals surface area (Å²) in [5.74, 6) is 0.357. The van der Waals surface area contributed by atoms with E-state index in [4.69, 9.17) is 20.9 Å². The van der Waals surface area contributed by atoms with Crippen LogP contribution in [0.3, 0.4) is 0 Å². The number of ether oxygens (including phenoxy) is 1. The number of nitrogens with zero attached hydrogens (tertiary/aromatic N) is 1. The minimum absolute atomic E-state index is 0.357. The van der Waals surface area contributed by atoms with Crippen LogP contribution >= 0.6 is 11.8 Å². The highest BCUT2D eigenvalue weighted by molar-refractivity contribution is 6.21. The van der Waals surface area contributed by atoms with E-state index in [1.807, 2.05) is 0 Å². The smallest absolute Gasteiger partial charge is 0.236 e. The standard InChI is InChI=1S/C6H6ClNO2/c1-9-6(8-7)5-2-3-10-4-5/h2-4H,1H3/b8-6+. The Kier molecular flexibility index (Phi) is 2.34. The summed E-state index contributed by atoms with van der Waals surface area (Å²) in [4.78, 5) is 0. The van der Waals surface area contributed by atoms with Gasteiger partial charge in [-0.05, 0) is 6.07 Å². The second kappa shape index (κ2) is 3.27. The quantitative estimate of drug-likeness (QED) is 0.463. The summed E-state index contributed by atoms with van der Waals surface area (Å²) in [7, 11) is 1.49. The number of hydrogen-bond donors (Lipinski definition) is 0. The predicted octanol–water partition coefficient (Wildman–Crippen LogP) is 1.83. The third kappa shape index (κ3) is 1.30. The van der Waals surface area contributed by atoms with E-state index in [1.54, 1.807) is 6.07 Å². The van der Waals surface area contributed by atoms with Crippen molar-refractivity contribution in [3.8, 4) is 0 Å². The van der Waals surface area contributed by atoms with Crippen LogP contribution in [-0.4, -0.2) is 13.0 Å². The summed E-state index contributed by atoms with van der Waals surface area (Å²) < 4.78 is 12.9. The van der Waals surface area contributed by atoms with Crippen LogP contribution < -0.4 is 0 Å². The summed E-state index contributed by atoms with van der Waals surface area (Å²) in [6, 6.07) is 1.71. The molecule has 0 atom stereocenters. The molecule has 4 heteroatoms. The fourth-order valence-electron chi connectivity index (χ4n) is 0.587. The normalized spacial score (nSPS) is 11.6. The molecule has 0 saturated carbocycles. The van der Waals surface area contributed by atoms with Gasteiger partial charge in [0.05, 0.1) is 18.9 Å². The molecule has 0 fully saturated rings. The highest BCUT2D eigenvalue weighted by Gasteiger charge is 2.02. The number of rotatable bonds is 1. The summed E-state index contributed by atoms with van der Waals surface area (Å²) in [5, 5.41) is 0. The Morgan fingerprint density at radius 3 is 3.00 bits per heavy atom. The molecule has 1 rings (SSSR count). The zero-order valence-corrected chi connectivity index (χ0v) is 6.13. The molecule has 3 nitrogen and oxygen atoms in total. The van der Waals surface area contributed by atoms with Gasteiger partial charge in [0.2, 0.25) is 5.90 Å². The van der Waals surface area contributed by atoms with Crippen LogP contribution in [0.25, 0.3) is 0 Å². The minimum atomic E-state index is 0.357. The van der Waals surface area contributed by atoms with Gasteiger partial charge in [-0.3, -0.25) is 0 Å². The maximum atomic E-state index is 5.18. The van der Waals surface area contributed by atoms with Gasteiger partial charge in [-0.25, -0.2) is 0 Å². The van der Waals surface area contributed by atoms with E-state index < -0.39 is 0 Å². The summed E-state index contributed by atoms with van der Waals surface area (Å²) in [6.45, 7) is 0.